The molecule has 186 valence electrons. The van der Waals surface area contributed by atoms with E-state index in [1.807, 2.05) is 66.7 Å². The monoisotopic (exact) mass is 555 g/mol. The molecule has 1 amide bonds. The lowest BCUT2D eigenvalue weighted by molar-refractivity contribution is -0.122. The molecule has 0 aliphatic carbocycles. The predicted octanol–water partition coefficient (Wildman–Crippen LogP) is 6.38. The van der Waals surface area contributed by atoms with Gasteiger partial charge in [0.05, 0.1) is 18.7 Å². The Morgan fingerprint density at radius 2 is 1.68 bits per heavy atom. The zero-order valence-electron chi connectivity index (χ0n) is 20.3. The molecular formula is C30H26BrN3O3. The number of anilines is 1. The molecule has 0 unspecified atom stereocenters. The fourth-order valence-electron chi connectivity index (χ4n) is 3.77. The van der Waals surface area contributed by atoms with Crippen LogP contribution in [0.4, 0.5) is 5.69 Å². The number of hydrogen-bond acceptors (Lipinski definition) is 5. The Morgan fingerprint density at radius 1 is 0.919 bits per heavy atom. The molecule has 0 heterocycles. The molecular weight excluding hydrogens is 530 g/mol. The summed E-state index contributed by atoms with van der Waals surface area (Å²) in [4.78, 5) is 13.4. The first-order chi connectivity index (χ1) is 18.1. The highest BCUT2D eigenvalue weighted by Gasteiger charge is 2.22. The minimum absolute atomic E-state index is 0.196. The van der Waals surface area contributed by atoms with Crippen LogP contribution in [-0.2, 0) is 17.9 Å². The first-order valence-electron chi connectivity index (χ1n) is 11.7. The summed E-state index contributed by atoms with van der Waals surface area (Å²) in [6, 6.07) is 31.5. The lowest BCUT2D eigenvalue weighted by Gasteiger charge is -2.21. The Morgan fingerprint density at radius 3 is 2.38 bits per heavy atom. The minimum Gasteiger partial charge on any atom is -0.493 e. The van der Waals surface area contributed by atoms with Gasteiger partial charge in [-0.25, -0.2) is 0 Å². The number of carbonyl (C=O) groups excluding carboxylic acids is 1. The van der Waals surface area contributed by atoms with Crippen molar-refractivity contribution in [3.05, 3.63) is 124 Å². The van der Waals surface area contributed by atoms with Crippen LogP contribution in [0.15, 0.2) is 102 Å². The third-order valence-corrected chi connectivity index (χ3v) is 6.19. The molecule has 0 aromatic heterocycles. The highest BCUT2D eigenvalue weighted by atomic mass is 79.9. The van der Waals surface area contributed by atoms with Crippen molar-refractivity contribution in [1.82, 2.24) is 5.32 Å². The quantitative estimate of drug-likeness (QED) is 0.237. The molecule has 2 N–H and O–H groups in total. The van der Waals surface area contributed by atoms with Crippen LogP contribution in [-0.4, -0.2) is 13.0 Å². The SMILES string of the molecule is COc1cc([C@@H](Nc2ccc(C#N)cc2)C(=O)NCc2ccccc2)ccc1OCc1cccc(Br)c1. The summed E-state index contributed by atoms with van der Waals surface area (Å²) < 4.78 is 12.6. The summed E-state index contributed by atoms with van der Waals surface area (Å²) in [6.45, 7) is 0.774. The van der Waals surface area contributed by atoms with Gasteiger partial charge in [0.1, 0.15) is 12.6 Å². The predicted molar refractivity (Wildman–Crippen MR) is 147 cm³/mol. The highest BCUT2D eigenvalue weighted by Crippen LogP contribution is 2.32. The van der Waals surface area contributed by atoms with Crippen LogP contribution in [0, 0.1) is 11.3 Å². The van der Waals surface area contributed by atoms with E-state index in [-0.39, 0.29) is 5.91 Å². The van der Waals surface area contributed by atoms with Crippen molar-refractivity contribution in [2.75, 3.05) is 12.4 Å². The Kier molecular flexibility index (Phi) is 8.79. The Bertz CT molecular complexity index is 1390. The molecule has 6 nitrogen and oxygen atoms in total. The van der Waals surface area contributed by atoms with E-state index in [1.165, 1.54) is 0 Å². The molecule has 37 heavy (non-hydrogen) atoms. The summed E-state index contributed by atoms with van der Waals surface area (Å²) in [5.74, 6) is 0.904. The Labute approximate surface area is 225 Å². The van der Waals surface area contributed by atoms with Crippen LogP contribution in [0.3, 0.4) is 0 Å². The van der Waals surface area contributed by atoms with E-state index in [9.17, 15) is 4.79 Å². The maximum atomic E-state index is 13.4. The van der Waals surface area contributed by atoms with Gasteiger partial charge in [0.25, 0.3) is 0 Å². The molecule has 0 aliphatic rings. The van der Waals surface area contributed by atoms with Crippen molar-refractivity contribution < 1.29 is 14.3 Å². The van der Waals surface area contributed by atoms with E-state index in [2.05, 4.69) is 32.6 Å². The maximum Gasteiger partial charge on any atom is 0.247 e. The van der Waals surface area contributed by atoms with E-state index < -0.39 is 6.04 Å². The fourth-order valence-corrected chi connectivity index (χ4v) is 4.21. The maximum absolute atomic E-state index is 13.4. The number of nitrogens with one attached hydrogen (secondary N) is 2. The number of carbonyl (C=O) groups is 1. The van der Waals surface area contributed by atoms with Crippen LogP contribution in [0.1, 0.15) is 28.3 Å². The van der Waals surface area contributed by atoms with Gasteiger partial charge in [-0.05, 0) is 65.2 Å². The molecule has 0 saturated heterocycles. The van der Waals surface area contributed by atoms with Crippen molar-refractivity contribution in [1.29, 1.82) is 5.26 Å². The molecule has 0 spiro atoms. The van der Waals surface area contributed by atoms with Crippen molar-refractivity contribution in [2.24, 2.45) is 0 Å². The number of benzene rings is 4. The van der Waals surface area contributed by atoms with Crippen molar-refractivity contribution in [2.45, 2.75) is 19.2 Å². The Balaban J connectivity index is 1.56. The molecule has 0 saturated carbocycles. The number of halogens is 1. The van der Waals surface area contributed by atoms with Crippen LogP contribution in [0.25, 0.3) is 0 Å². The summed E-state index contributed by atoms with van der Waals surface area (Å²) in [6.07, 6.45) is 0. The van der Waals surface area contributed by atoms with Crippen molar-refractivity contribution >= 4 is 27.5 Å². The lowest BCUT2D eigenvalue weighted by atomic mass is 10.0. The standard InChI is InChI=1S/C30H26BrN3O3/c1-36-28-17-24(12-15-27(28)37-20-23-8-5-9-25(31)16-23)29(34-26-13-10-21(18-32)11-14-26)30(35)33-19-22-6-3-2-4-7-22/h2-17,29,34H,19-20H2,1H3,(H,33,35)/t29-/m1/s1. The van der Waals surface area contributed by atoms with E-state index in [0.717, 1.165) is 15.6 Å². The van der Waals surface area contributed by atoms with Crippen LogP contribution in [0.5, 0.6) is 11.5 Å². The number of ether oxygens (including phenoxy) is 2. The van der Waals surface area contributed by atoms with Gasteiger partial charge in [0.15, 0.2) is 11.5 Å². The molecule has 0 aliphatic heterocycles. The van der Waals surface area contributed by atoms with Crippen molar-refractivity contribution in [3.8, 4) is 17.6 Å². The summed E-state index contributed by atoms with van der Waals surface area (Å²) >= 11 is 3.48. The zero-order valence-corrected chi connectivity index (χ0v) is 21.9. The average molecular weight is 556 g/mol. The third kappa shape index (κ3) is 7.12. The van der Waals surface area contributed by atoms with Gasteiger partial charge >= 0.3 is 0 Å². The van der Waals surface area contributed by atoms with Gasteiger partial charge in [-0.3, -0.25) is 4.79 Å². The minimum atomic E-state index is -0.704. The largest absolute Gasteiger partial charge is 0.493 e. The smallest absolute Gasteiger partial charge is 0.247 e. The van der Waals surface area contributed by atoms with E-state index in [1.54, 1.807) is 37.4 Å². The van der Waals surface area contributed by atoms with Gasteiger partial charge in [0, 0.05) is 16.7 Å². The van der Waals surface area contributed by atoms with Gasteiger partial charge in [-0.1, -0.05) is 64.5 Å². The first-order valence-corrected chi connectivity index (χ1v) is 12.5. The molecule has 0 fully saturated rings. The van der Waals surface area contributed by atoms with Gasteiger partial charge in [-0.2, -0.15) is 5.26 Å². The normalized spacial score (nSPS) is 11.2. The molecule has 0 radical (unpaired) electrons. The van der Waals surface area contributed by atoms with E-state index in [4.69, 9.17) is 14.7 Å². The average Bonchev–Trinajstić information content (AvgIpc) is 2.94. The molecule has 0 bridgehead atoms. The van der Waals surface area contributed by atoms with Crippen LogP contribution in [0.2, 0.25) is 0 Å². The molecule has 4 aromatic rings. The zero-order chi connectivity index (χ0) is 26.0. The summed E-state index contributed by atoms with van der Waals surface area (Å²) in [7, 11) is 1.57. The van der Waals surface area contributed by atoms with Crippen LogP contribution < -0.4 is 20.1 Å². The second-order valence-corrected chi connectivity index (χ2v) is 9.21. The topological polar surface area (TPSA) is 83.4 Å². The molecule has 1 atom stereocenters. The van der Waals surface area contributed by atoms with Gasteiger partial charge in [-0.15, -0.1) is 0 Å². The molecule has 7 heteroatoms. The summed E-state index contributed by atoms with van der Waals surface area (Å²) in [5.41, 5.74) is 3.99. The number of amides is 1. The number of rotatable bonds is 10. The summed E-state index contributed by atoms with van der Waals surface area (Å²) in [5, 5.41) is 15.4. The van der Waals surface area contributed by atoms with Crippen LogP contribution >= 0.6 is 15.9 Å². The van der Waals surface area contributed by atoms with Gasteiger partial charge < -0.3 is 20.1 Å². The Hall–Kier alpha value is -4.28. The number of hydrogen-bond donors (Lipinski definition) is 2. The lowest BCUT2D eigenvalue weighted by Crippen LogP contribution is -2.33. The van der Waals surface area contributed by atoms with E-state index >= 15 is 0 Å². The second-order valence-electron chi connectivity index (χ2n) is 8.30. The number of nitrogens with zero attached hydrogens (tertiary/aromatic N) is 1. The highest BCUT2D eigenvalue weighted by molar-refractivity contribution is 9.10. The number of methoxy groups -OCH3 is 1. The van der Waals surface area contributed by atoms with Gasteiger partial charge in [0.2, 0.25) is 5.91 Å². The third-order valence-electron chi connectivity index (χ3n) is 5.70. The fraction of sp³-hybridized carbons (Fsp3) is 0.133. The first kappa shape index (κ1) is 25.8. The number of nitriles is 1. The van der Waals surface area contributed by atoms with Crippen molar-refractivity contribution in [3.63, 3.8) is 0 Å². The van der Waals surface area contributed by atoms with E-state index in [0.29, 0.717) is 41.5 Å². The second kappa shape index (κ2) is 12.6. The molecule has 4 aromatic carbocycles. The molecule has 4 rings (SSSR count).